The highest BCUT2D eigenvalue weighted by atomic mass is 19.4. The lowest BCUT2D eigenvalue weighted by atomic mass is 9.63. The van der Waals surface area contributed by atoms with E-state index in [1.54, 1.807) is 19.9 Å². The molecule has 0 spiro atoms. The van der Waals surface area contributed by atoms with E-state index in [0.717, 1.165) is 31.4 Å². The van der Waals surface area contributed by atoms with Gasteiger partial charge in [-0.15, -0.1) is 13.2 Å². The second-order valence-electron chi connectivity index (χ2n) is 12.9. The number of ether oxygens (including phenoxy) is 3. The quantitative estimate of drug-likeness (QED) is 0.303. The van der Waals surface area contributed by atoms with E-state index in [4.69, 9.17) is 14.5 Å². The number of imidazole rings is 1. The fourth-order valence-electron chi connectivity index (χ4n) is 6.87. The van der Waals surface area contributed by atoms with Crippen LogP contribution in [0, 0.1) is 17.8 Å². The zero-order chi connectivity index (χ0) is 32.2. The van der Waals surface area contributed by atoms with Crippen molar-refractivity contribution < 1.29 is 41.8 Å². The molecule has 13 heteroatoms. The number of rotatable bonds is 6. The van der Waals surface area contributed by atoms with Crippen LogP contribution < -0.4 is 15.0 Å². The predicted octanol–water partition coefficient (Wildman–Crippen LogP) is 7.62. The van der Waals surface area contributed by atoms with Crippen molar-refractivity contribution in [1.82, 2.24) is 14.9 Å². The van der Waals surface area contributed by atoms with Crippen LogP contribution in [0.25, 0.3) is 11.0 Å². The van der Waals surface area contributed by atoms with E-state index < -0.39 is 36.3 Å². The first kappa shape index (κ1) is 31.1. The molecule has 1 saturated heterocycles. The third-order valence-corrected chi connectivity index (χ3v) is 7.91. The summed E-state index contributed by atoms with van der Waals surface area (Å²) >= 11 is 0. The number of nitrogens with one attached hydrogen (secondary N) is 1. The molecule has 1 aliphatic carbocycles. The van der Waals surface area contributed by atoms with Gasteiger partial charge in [0.2, 0.25) is 12.1 Å². The zero-order valence-corrected chi connectivity index (χ0v) is 25.4. The van der Waals surface area contributed by atoms with Gasteiger partial charge in [-0.2, -0.15) is 0 Å². The smallest absolute Gasteiger partial charge is 0.449 e. The molecule has 0 radical (unpaired) electrons. The molecule has 44 heavy (non-hydrogen) atoms. The molecule has 1 unspecified atom stereocenters. The lowest BCUT2D eigenvalue weighted by molar-refractivity contribution is -0.274. The number of halogens is 3. The van der Waals surface area contributed by atoms with Gasteiger partial charge in [0, 0.05) is 11.6 Å². The molecule has 2 heterocycles. The fraction of sp³-hybridized carbons (Fsp3) is 0.484. The van der Waals surface area contributed by atoms with Crippen molar-refractivity contribution in [2.24, 2.45) is 10.8 Å². The highest BCUT2D eigenvalue weighted by Crippen LogP contribution is 2.52. The number of alkyl carbamates (subject to hydrolysis) is 1. The monoisotopic (exact) mass is 616 g/mol. The molecule has 2 fully saturated rings. The van der Waals surface area contributed by atoms with Gasteiger partial charge < -0.3 is 18.8 Å². The van der Waals surface area contributed by atoms with Crippen LogP contribution in [0.3, 0.4) is 0 Å². The Hall–Kier alpha value is -4.29. The third-order valence-electron chi connectivity index (χ3n) is 7.91. The number of hydrogen-bond donors (Lipinski definition) is 1. The van der Waals surface area contributed by atoms with Gasteiger partial charge in [0.1, 0.15) is 5.75 Å². The van der Waals surface area contributed by atoms with E-state index in [0.29, 0.717) is 22.2 Å². The largest absolute Gasteiger partial charge is 0.573 e. The lowest BCUT2D eigenvalue weighted by Crippen LogP contribution is -2.37. The number of aryl methyl sites for hydroxylation is 1. The molecular weight excluding hydrogens is 581 g/mol. The van der Waals surface area contributed by atoms with Crippen LogP contribution >= 0.6 is 0 Å². The van der Waals surface area contributed by atoms with Crippen molar-refractivity contribution in [2.45, 2.75) is 79.3 Å². The predicted molar refractivity (Wildman–Crippen MR) is 155 cm³/mol. The van der Waals surface area contributed by atoms with Gasteiger partial charge in [-0.1, -0.05) is 27.7 Å². The highest BCUT2D eigenvalue weighted by Gasteiger charge is 2.42. The van der Waals surface area contributed by atoms with Crippen molar-refractivity contribution in [1.29, 1.82) is 0 Å². The highest BCUT2D eigenvalue weighted by molar-refractivity contribution is 6.01. The standard InChI is InChI=1S/C31H35F3N4O6/c1-7-42-28(41)38(18-8-10-20(11-9-18)44-31(32,33)34)26-35-22-13-21(24-25(39)36-27(40)43-24)17(2)12-23(22)37(26)19-14-29(3,4)16-30(5,6)15-19/h8-13,19,24H,7,14-16H2,1-6H3,(H,36,39,40). The van der Waals surface area contributed by atoms with Crippen molar-refractivity contribution in [3.8, 4) is 5.75 Å². The van der Waals surface area contributed by atoms with E-state index in [1.807, 2.05) is 10.6 Å². The minimum atomic E-state index is -4.88. The number of alkyl halides is 3. The summed E-state index contributed by atoms with van der Waals surface area (Å²) in [4.78, 5) is 43.9. The number of cyclic esters (lactones) is 1. The Balaban J connectivity index is 1.72. The number of fused-ring (bicyclic) bond motifs is 1. The Labute approximate surface area is 252 Å². The third kappa shape index (κ3) is 6.31. The summed E-state index contributed by atoms with van der Waals surface area (Å²) in [5.41, 5.74) is 2.32. The number of benzene rings is 2. The summed E-state index contributed by atoms with van der Waals surface area (Å²) in [5.74, 6) is -0.841. The molecule has 0 bridgehead atoms. The Bertz CT molecular complexity index is 1600. The van der Waals surface area contributed by atoms with E-state index in [2.05, 4.69) is 37.7 Å². The summed E-state index contributed by atoms with van der Waals surface area (Å²) in [5, 5.41) is 2.14. The molecular formula is C31H35F3N4O6. The first-order valence-corrected chi connectivity index (χ1v) is 14.3. The van der Waals surface area contributed by atoms with E-state index in [1.165, 1.54) is 17.0 Å². The molecule has 236 valence electrons. The molecule has 1 atom stereocenters. The van der Waals surface area contributed by atoms with Crippen LogP contribution in [0.1, 0.15) is 77.2 Å². The minimum Gasteiger partial charge on any atom is -0.449 e. The number of amides is 3. The van der Waals surface area contributed by atoms with Crippen LogP contribution in [0.2, 0.25) is 0 Å². The summed E-state index contributed by atoms with van der Waals surface area (Å²) in [6, 6.07) is 8.27. The van der Waals surface area contributed by atoms with Gasteiger partial charge in [-0.05, 0) is 85.9 Å². The number of carbonyl (C=O) groups excluding carboxylic acids is 3. The van der Waals surface area contributed by atoms with Gasteiger partial charge in [0.25, 0.3) is 5.91 Å². The SMILES string of the molecule is CCOC(=O)N(c1ccc(OC(F)(F)F)cc1)c1nc2cc(C3OC(=O)NC3=O)c(C)cc2n1C1CC(C)(C)CC(C)(C)C1. The fourth-order valence-corrected chi connectivity index (χ4v) is 6.87. The molecule has 10 nitrogen and oxygen atoms in total. The first-order valence-electron chi connectivity index (χ1n) is 14.3. The normalized spacial score (nSPS) is 19.9. The van der Waals surface area contributed by atoms with E-state index >= 15 is 0 Å². The molecule has 2 aliphatic rings. The number of hydrogen-bond acceptors (Lipinski definition) is 7. The lowest BCUT2D eigenvalue weighted by Gasteiger charge is -2.46. The molecule has 2 aromatic carbocycles. The molecule has 1 aliphatic heterocycles. The number of anilines is 2. The van der Waals surface area contributed by atoms with Gasteiger partial charge in [-0.25, -0.2) is 19.5 Å². The second-order valence-corrected chi connectivity index (χ2v) is 12.9. The maximum Gasteiger partial charge on any atom is 0.573 e. The number of imide groups is 1. The Kier molecular flexibility index (Phi) is 7.79. The number of carbonyl (C=O) groups is 3. The van der Waals surface area contributed by atoms with E-state index in [9.17, 15) is 27.6 Å². The molecule has 3 aromatic rings. The van der Waals surface area contributed by atoms with E-state index in [-0.39, 0.29) is 35.1 Å². The van der Waals surface area contributed by atoms with Crippen molar-refractivity contribution in [2.75, 3.05) is 11.5 Å². The maximum atomic E-state index is 13.6. The van der Waals surface area contributed by atoms with Gasteiger partial charge in [-0.3, -0.25) is 10.1 Å². The van der Waals surface area contributed by atoms with Crippen molar-refractivity contribution in [3.63, 3.8) is 0 Å². The van der Waals surface area contributed by atoms with Gasteiger partial charge in [0.15, 0.2) is 0 Å². The maximum absolute atomic E-state index is 13.6. The van der Waals surface area contributed by atoms with Crippen LogP contribution in [-0.2, 0) is 14.3 Å². The Morgan fingerprint density at radius 1 is 1.11 bits per heavy atom. The molecule has 1 N–H and O–H groups in total. The molecule has 3 amide bonds. The minimum absolute atomic E-state index is 0.0414. The topological polar surface area (TPSA) is 112 Å². The first-order chi connectivity index (χ1) is 20.5. The van der Waals surface area contributed by atoms with Crippen LogP contribution in [0.15, 0.2) is 36.4 Å². The van der Waals surface area contributed by atoms with Gasteiger partial charge >= 0.3 is 18.5 Å². The summed E-state index contributed by atoms with van der Waals surface area (Å²) < 4.78 is 55.2. The zero-order valence-electron chi connectivity index (χ0n) is 25.4. The van der Waals surface area contributed by atoms with Crippen molar-refractivity contribution >= 4 is 40.8 Å². The number of aromatic nitrogens is 2. The van der Waals surface area contributed by atoms with Crippen LogP contribution in [0.4, 0.5) is 34.4 Å². The summed E-state index contributed by atoms with van der Waals surface area (Å²) in [6.45, 7) is 12.3. The average Bonchev–Trinajstić information content (AvgIpc) is 3.40. The molecule has 1 aromatic heterocycles. The Morgan fingerprint density at radius 3 is 2.30 bits per heavy atom. The van der Waals surface area contributed by atoms with Crippen molar-refractivity contribution in [3.05, 3.63) is 47.5 Å². The second kappa shape index (κ2) is 11.0. The summed E-state index contributed by atoms with van der Waals surface area (Å²) in [7, 11) is 0. The van der Waals surface area contributed by atoms with Crippen LogP contribution in [-0.4, -0.2) is 40.6 Å². The van der Waals surface area contributed by atoms with Gasteiger partial charge in [0.05, 0.1) is 23.3 Å². The summed E-state index contributed by atoms with van der Waals surface area (Å²) in [6.07, 6.45) is -5.16. The Morgan fingerprint density at radius 2 is 1.75 bits per heavy atom. The average molecular weight is 617 g/mol. The molecule has 5 rings (SSSR count). The van der Waals surface area contributed by atoms with Crippen LogP contribution in [0.5, 0.6) is 5.75 Å². The molecule has 1 saturated carbocycles. The number of nitrogens with zero attached hydrogens (tertiary/aromatic N) is 3.